The Bertz CT molecular complexity index is 435. The highest BCUT2D eigenvalue weighted by atomic mass is 32.1. The van der Waals surface area contributed by atoms with Crippen LogP contribution in [0.4, 0.5) is 0 Å². The Hall–Kier alpha value is -1.63. The third kappa shape index (κ3) is 1.82. The summed E-state index contributed by atoms with van der Waals surface area (Å²) in [7, 11) is 1.76. The normalized spacial score (nSPS) is 10.4. The van der Waals surface area contributed by atoms with Crippen LogP contribution in [0.25, 0.3) is 0 Å². The van der Waals surface area contributed by atoms with Gasteiger partial charge >= 0.3 is 0 Å². The lowest BCUT2D eigenvalue weighted by atomic mass is 10.2. The molecule has 0 aliphatic heterocycles. The minimum atomic E-state index is -0.0273. The van der Waals surface area contributed by atoms with Gasteiger partial charge < -0.3 is 0 Å². The summed E-state index contributed by atoms with van der Waals surface area (Å²) in [5.74, 6) is -0.0273. The van der Waals surface area contributed by atoms with E-state index in [-0.39, 0.29) is 12.2 Å². The SMILES string of the molecule is Cn1cc(CC(=O)c2cnns2)nn1. The molecule has 0 fully saturated rings. The van der Waals surface area contributed by atoms with Gasteiger partial charge in [-0.3, -0.25) is 9.48 Å². The van der Waals surface area contributed by atoms with E-state index in [4.69, 9.17) is 0 Å². The van der Waals surface area contributed by atoms with Gasteiger partial charge in [-0.2, -0.15) is 0 Å². The minimum Gasteiger partial charge on any atom is -0.293 e. The van der Waals surface area contributed by atoms with Crippen molar-refractivity contribution in [2.24, 2.45) is 7.05 Å². The molecule has 0 spiro atoms. The van der Waals surface area contributed by atoms with Gasteiger partial charge in [-0.15, -0.1) is 10.2 Å². The van der Waals surface area contributed by atoms with Crippen molar-refractivity contribution in [2.75, 3.05) is 0 Å². The molecule has 0 aromatic carbocycles. The van der Waals surface area contributed by atoms with Crippen molar-refractivity contribution >= 4 is 17.3 Å². The van der Waals surface area contributed by atoms with Gasteiger partial charge in [0.15, 0.2) is 5.78 Å². The second-order valence-electron chi connectivity index (χ2n) is 2.77. The van der Waals surface area contributed by atoms with Gasteiger partial charge in [-0.25, -0.2) is 0 Å². The van der Waals surface area contributed by atoms with Crippen LogP contribution in [-0.4, -0.2) is 30.4 Å². The number of rotatable bonds is 3. The smallest absolute Gasteiger partial charge is 0.182 e. The van der Waals surface area contributed by atoms with Crippen molar-refractivity contribution in [3.63, 3.8) is 0 Å². The number of nitrogens with zero attached hydrogens (tertiary/aromatic N) is 5. The van der Waals surface area contributed by atoms with Crippen LogP contribution in [0, 0.1) is 0 Å². The number of hydrogen-bond donors (Lipinski definition) is 0. The molecule has 0 N–H and O–H groups in total. The Kier molecular flexibility index (Phi) is 2.32. The summed E-state index contributed by atoms with van der Waals surface area (Å²) in [6, 6.07) is 0. The molecular formula is C7H7N5OS. The maximum Gasteiger partial charge on any atom is 0.182 e. The first-order valence-corrected chi connectivity index (χ1v) is 4.69. The molecule has 72 valence electrons. The fraction of sp³-hybridized carbons (Fsp3) is 0.286. The van der Waals surface area contributed by atoms with E-state index < -0.39 is 0 Å². The van der Waals surface area contributed by atoms with Crippen LogP contribution in [0.15, 0.2) is 12.4 Å². The summed E-state index contributed by atoms with van der Waals surface area (Å²) in [5, 5.41) is 11.2. The molecule has 2 aromatic heterocycles. The number of hydrogen-bond acceptors (Lipinski definition) is 6. The van der Waals surface area contributed by atoms with Crippen molar-refractivity contribution in [2.45, 2.75) is 6.42 Å². The van der Waals surface area contributed by atoms with E-state index in [1.165, 1.54) is 6.20 Å². The summed E-state index contributed by atoms with van der Waals surface area (Å²) in [6.45, 7) is 0. The topological polar surface area (TPSA) is 73.6 Å². The van der Waals surface area contributed by atoms with E-state index in [2.05, 4.69) is 19.9 Å². The second kappa shape index (κ2) is 3.62. The van der Waals surface area contributed by atoms with E-state index in [1.807, 2.05) is 0 Å². The van der Waals surface area contributed by atoms with Gasteiger partial charge in [0.25, 0.3) is 0 Å². The van der Waals surface area contributed by atoms with Gasteiger partial charge in [0, 0.05) is 13.2 Å². The fourth-order valence-electron chi connectivity index (χ4n) is 1.02. The summed E-state index contributed by atoms with van der Waals surface area (Å²) in [4.78, 5) is 12.1. The first-order valence-electron chi connectivity index (χ1n) is 3.91. The number of aryl methyl sites for hydroxylation is 1. The molecule has 0 saturated heterocycles. The molecule has 0 bridgehead atoms. The van der Waals surface area contributed by atoms with Crippen LogP contribution in [0.5, 0.6) is 0 Å². The Balaban J connectivity index is 2.09. The molecule has 0 radical (unpaired) electrons. The quantitative estimate of drug-likeness (QED) is 0.670. The van der Waals surface area contributed by atoms with E-state index in [1.54, 1.807) is 17.9 Å². The van der Waals surface area contributed by atoms with Crippen LogP contribution in [0.3, 0.4) is 0 Å². The third-order valence-electron chi connectivity index (χ3n) is 1.63. The zero-order valence-electron chi connectivity index (χ0n) is 7.41. The highest BCUT2D eigenvalue weighted by molar-refractivity contribution is 7.07. The van der Waals surface area contributed by atoms with Crippen LogP contribution in [0.1, 0.15) is 15.4 Å². The van der Waals surface area contributed by atoms with Crippen molar-refractivity contribution < 1.29 is 4.79 Å². The molecular weight excluding hydrogens is 202 g/mol. The monoisotopic (exact) mass is 209 g/mol. The van der Waals surface area contributed by atoms with Crippen LogP contribution in [-0.2, 0) is 13.5 Å². The molecule has 6 nitrogen and oxygen atoms in total. The largest absolute Gasteiger partial charge is 0.293 e. The second-order valence-corrected chi connectivity index (χ2v) is 3.55. The Morgan fingerprint density at radius 1 is 1.64 bits per heavy atom. The van der Waals surface area contributed by atoms with Crippen LogP contribution < -0.4 is 0 Å². The lowest BCUT2D eigenvalue weighted by Crippen LogP contribution is -2.01. The maximum absolute atomic E-state index is 11.5. The van der Waals surface area contributed by atoms with Gasteiger partial charge in [-0.05, 0) is 11.5 Å². The Labute approximate surface area is 83.7 Å². The summed E-state index contributed by atoms with van der Waals surface area (Å²) in [5.41, 5.74) is 0.658. The van der Waals surface area contributed by atoms with Gasteiger partial charge in [-0.1, -0.05) is 9.70 Å². The number of Topliss-reactive ketones (excluding diaryl/α,β-unsaturated/α-hetero) is 1. The molecule has 0 aliphatic carbocycles. The minimum absolute atomic E-state index is 0.0273. The number of carbonyl (C=O) groups is 1. The van der Waals surface area contributed by atoms with Crippen LogP contribution in [0.2, 0.25) is 0 Å². The lowest BCUT2D eigenvalue weighted by molar-refractivity contribution is 0.0995. The predicted molar refractivity (Wildman–Crippen MR) is 48.9 cm³/mol. The van der Waals surface area contributed by atoms with Gasteiger partial charge in [0.2, 0.25) is 0 Å². The summed E-state index contributed by atoms with van der Waals surface area (Å²) in [6.07, 6.45) is 3.42. The molecule has 2 aromatic rings. The fourth-order valence-corrected chi connectivity index (χ4v) is 1.47. The third-order valence-corrected chi connectivity index (χ3v) is 2.33. The van der Waals surface area contributed by atoms with Crippen molar-refractivity contribution in [1.82, 2.24) is 24.6 Å². The highest BCUT2D eigenvalue weighted by Gasteiger charge is 2.11. The molecule has 14 heavy (non-hydrogen) atoms. The highest BCUT2D eigenvalue weighted by Crippen LogP contribution is 2.06. The van der Waals surface area contributed by atoms with Crippen molar-refractivity contribution in [3.8, 4) is 0 Å². The standard InChI is InChI=1S/C7H7N5OS/c1-12-4-5(9-10-12)2-6(13)7-3-8-11-14-7/h3-4H,2H2,1H3. The van der Waals surface area contributed by atoms with Crippen molar-refractivity contribution in [3.05, 3.63) is 23.0 Å². The summed E-state index contributed by atoms with van der Waals surface area (Å²) >= 11 is 1.09. The predicted octanol–water partition coefficient (Wildman–Crippen LogP) is 0.0920. The lowest BCUT2D eigenvalue weighted by Gasteiger charge is -1.90. The number of aromatic nitrogens is 5. The molecule has 0 atom stereocenters. The Morgan fingerprint density at radius 2 is 2.50 bits per heavy atom. The van der Waals surface area contributed by atoms with Crippen molar-refractivity contribution in [1.29, 1.82) is 0 Å². The molecule has 2 heterocycles. The van der Waals surface area contributed by atoms with E-state index in [9.17, 15) is 4.79 Å². The molecule has 0 amide bonds. The first-order chi connectivity index (χ1) is 6.75. The van der Waals surface area contributed by atoms with E-state index in [0.717, 1.165) is 11.5 Å². The summed E-state index contributed by atoms with van der Waals surface area (Å²) < 4.78 is 5.18. The van der Waals surface area contributed by atoms with Gasteiger partial charge in [0.1, 0.15) is 4.88 Å². The van der Waals surface area contributed by atoms with E-state index in [0.29, 0.717) is 10.6 Å². The Morgan fingerprint density at radius 3 is 3.07 bits per heavy atom. The molecule has 0 saturated carbocycles. The van der Waals surface area contributed by atoms with Crippen LogP contribution >= 0.6 is 11.5 Å². The average Bonchev–Trinajstić information content (AvgIpc) is 2.75. The number of carbonyl (C=O) groups excluding carboxylic acids is 1. The van der Waals surface area contributed by atoms with E-state index >= 15 is 0 Å². The number of ketones is 1. The molecule has 7 heteroatoms. The average molecular weight is 209 g/mol. The maximum atomic E-state index is 11.5. The molecule has 2 rings (SSSR count). The first kappa shape index (κ1) is 8.95. The zero-order chi connectivity index (χ0) is 9.97. The molecule has 0 unspecified atom stereocenters. The molecule has 0 aliphatic rings. The van der Waals surface area contributed by atoms with Gasteiger partial charge in [0.05, 0.1) is 18.3 Å². The zero-order valence-corrected chi connectivity index (χ0v) is 8.23.